The number of carboxylic acid groups (broad SMARTS) is 1. The average Bonchev–Trinajstić information content (AvgIpc) is 2.78. The molecule has 0 bridgehead atoms. The number of nitrogens with one attached hydrogen (secondary N) is 2. The van der Waals surface area contributed by atoms with Crippen molar-refractivity contribution in [3.8, 4) is 0 Å². The molecule has 0 spiro atoms. The molecular formula is C9H12N2O5S2. The van der Waals surface area contributed by atoms with Crippen molar-refractivity contribution in [1.82, 2.24) is 10.0 Å². The Labute approximate surface area is 108 Å². The molecular weight excluding hydrogens is 280 g/mol. The van der Waals surface area contributed by atoms with Gasteiger partial charge in [-0.1, -0.05) is 0 Å². The van der Waals surface area contributed by atoms with Crippen LogP contribution in [0.15, 0.2) is 16.3 Å². The molecule has 18 heavy (non-hydrogen) atoms. The fraction of sp³-hybridized carbons (Fsp3) is 0.333. The summed E-state index contributed by atoms with van der Waals surface area (Å²) in [5.41, 5.74) is 0. The van der Waals surface area contributed by atoms with Crippen LogP contribution in [0.3, 0.4) is 0 Å². The van der Waals surface area contributed by atoms with Gasteiger partial charge in [-0.15, -0.1) is 11.3 Å². The quantitative estimate of drug-likeness (QED) is 0.675. The second kappa shape index (κ2) is 5.94. The molecule has 0 unspecified atom stereocenters. The average molecular weight is 292 g/mol. The minimum atomic E-state index is -3.76. The predicted octanol–water partition coefficient (Wildman–Crippen LogP) is -0.139. The molecule has 1 heterocycles. The standard InChI is InChI=1S/C9H12N2O5S2/c1-10-8(12)2-3-11-18(15,16)6-4-7(9(13)14)17-5-6/h4-5,11H,2-3H2,1H3,(H,10,12)(H,13,14). The number of rotatable bonds is 6. The molecule has 1 aromatic rings. The van der Waals surface area contributed by atoms with Crippen molar-refractivity contribution in [3.05, 3.63) is 16.3 Å². The number of carbonyl (C=O) groups excluding carboxylic acids is 1. The van der Waals surface area contributed by atoms with Crippen molar-refractivity contribution >= 4 is 33.2 Å². The fourth-order valence-electron chi connectivity index (χ4n) is 1.08. The second-order valence-corrected chi connectivity index (χ2v) is 5.95. The van der Waals surface area contributed by atoms with Gasteiger partial charge < -0.3 is 10.4 Å². The molecule has 0 atom stereocenters. The molecule has 0 aromatic carbocycles. The molecule has 0 fully saturated rings. The molecule has 7 nitrogen and oxygen atoms in total. The van der Waals surface area contributed by atoms with Crippen LogP contribution >= 0.6 is 11.3 Å². The zero-order valence-electron chi connectivity index (χ0n) is 9.47. The lowest BCUT2D eigenvalue weighted by atomic mass is 10.4. The maximum Gasteiger partial charge on any atom is 0.345 e. The summed E-state index contributed by atoms with van der Waals surface area (Å²) in [6.45, 7) is -0.0414. The van der Waals surface area contributed by atoms with E-state index in [2.05, 4.69) is 10.0 Å². The molecule has 9 heteroatoms. The first kappa shape index (κ1) is 14.6. The summed E-state index contributed by atoms with van der Waals surface area (Å²) in [5, 5.41) is 12.3. The van der Waals surface area contributed by atoms with Gasteiger partial charge in [0.05, 0.1) is 4.90 Å². The van der Waals surface area contributed by atoms with Gasteiger partial charge in [-0.25, -0.2) is 17.9 Å². The second-order valence-electron chi connectivity index (χ2n) is 3.27. The third-order valence-electron chi connectivity index (χ3n) is 2.02. The van der Waals surface area contributed by atoms with E-state index in [4.69, 9.17) is 5.11 Å². The lowest BCUT2D eigenvalue weighted by Crippen LogP contribution is -2.29. The molecule has 3 N–H and O–H groups in total. The van der Waals surface area contributed by atoms with Crippen LogP contribution in [0.5, 0.6) is 0 Å². The minimum Gasteiger partial charge on any atom is -0.477 e. The Morgan fingerprint density at radius 2 is 2.11 bits per heavy atom. The third kappa shape index (κ3) is 3.79. The van der Waals surface area contributed by atoms with E-state index in [1.807, 2.05) is 0 Å². The van der Waals surface area contributed by atoms with Crippen molar-refractivity contribution in [3.63, 3.8) is 0 Å². The number of carboxylic acids is 1. The maximum atomic E-state index is 11.7. The number of hydrogen-bond acceptors (Lipinski definition) is 5. The molecule has 1 rings (SSSR count). The first-order chi connectivity index (χ1) is 8.36. The Balaban J connectivity index is 2.68. The van der Waals surface area contributed by atoms with Crippen molar-refractivity contribution in [1.29, 1.82) is 0 Å². The van der Waals surface area contributed by atoms with Crippen LogP contribution in [-0.2, 0) is 14.8 Å². The molecule has 0 aliphatic carbocycles. The smallest absolute Gasteiger partial charge is 0.345 e. The zero-order valence-corrected chi connectivity index (χ0v) is 11.1. The highest BCUT2D eigenvalue weighted by Gasteiger charge is 2.18. The number of thiophene rings is 1. The number of aromatic carboxylic acids is 1. The van der Waals surface area contributed by atoms with Gasteiger partial charge in [0.1, 0.15) is 4.88 Å². The van der Waals surface area contributed by atoms with Gasteiger partial charge in [0.25, 0.3) is 0 Å². The molecule has 0 aliphatic heterocycles. The summed E-state index contributed by atoms with van der Waals surface area (Å²) in [5.74, 6) is -1.46. The number of hydrogen-bond donors (Lipinski definition) is 3. The van der Waals surface area contributed by atoms with Crippen LogP contribution < -0.4 is 10.0 Å². The maximum absolute atomic E-state index is 11.7. The highest BCUT2D eigenvalue weighted by Crippen LogP contribution is 2.18. The van der Waals surface area contributed by atoms with Gasteiger partial charge in [-0.3, -0.25) is 4.79 Å². The Morgan fingerprint density at radius 1 is 1.44 bits per heavy atom. The zero-order chi connectivity index (χ0) is 13.8. The van der Waals surface area contributed by atoms with Gasteiger partial charge in [0.2, 0.25) is 15.9 Å². The van der Waals surface area contributed by atoms with Crippen LogP contribution in [-0.4, -0.2) is 39.0 Å². The molecule has 100 valence electrons. The SMILES string of the molecule is CNC(=O)CCNS(=O)(=O)c1csc(C(=O)O)c1. The van der Waals surface area contributed by atoms with Crippen LogP contribution in [0.25, 0.3) is 0 Å². The van der Waals surface area contributed by atoms with E-state index in [1.54, 1.807) is 0 Å². The van der Waals surface area contributed by atoms with Crippen LogP contribution in [0.2, 0.25) is 0 Å². The third-order valence-corrected chi connectivity index (χ3v) is 4.53. The van der Waals surface area contributed by atoms with Crippen LogP contribution in [0.1, 0.15) is 16.1 Å². The van der Waals surface area contributed by atoms with Crippen LogP contribution in [0, 0.1) is 0 Å². The van der Waals surface area contributed by atoms with Gasteiger partial charge in [0, 0.05) is 25.4 Å². The number of carbonyl (C=O) groups is 2. The normalized spacial score (nSPS) is 11.2. The summed E-state index contributed by atoms with van der Waals surface area (Å²) < 4.78 is 25.6. The first-order valence-electron chi connectivity index (χ1n) is 4.89. The van der Waals surface area contributed by atoms with E-state index >= 15 is 0 Å². The number of amides is 1. The van der Waals surface area contributed by atoms with Crippen molar-refractivity contribution < 1.29 is 23.1 Å². The van der Waals surface area contributed by atoms with E-state index in [1.165, 1.54) is 12.4 Å². The molecule has 0 radical (unpaired) electrons. The molecule has 0 saturated carbocycles. The van der Waals surface area contributed by atoms with Gasteiger partial charge in [-0.2, -0.15) is 0 Å². The fourth-order valence-corrected chi connectivity index (χ4v) is 3.22. The molecule has 0 aliphatic rings. The van der Waals surface area contributed by atoms with Crippen LogP contribution in [0.4, 0.5) is 0 Å². The minimum absolute atomic E-state index is 0.0195. The Bertz CT molecular complexity index is 549. The van der Waals surface area contributed by atoms with E-state index < -0.39 is 16.0 Å². The van der Waals surface area contributed by atoms with E-state index in [0.717, 1.165) is 17.4 Å². The van der Waals surface area contributed by atoms with Gasteiger partial charge >= 0.3 is 5.97 Å². The first-order valence-corrected chi connectivity index (χ1v) is 7.25. The Hall–Kier alpha value is -1.45. The van der Waals surface area contributed by atoms with E-state index in [0.29, 0.717) is 0 Å². The van der Waals surface area contributed by atoms with Crippen molar-refractivity contribution in [2.24, 2.45) is 0 Å². The lowest BCUT2D eigenvalue weighted by Gasteiger charge is -2.03. The number of sulfonamides is 1. The highest BCUT2D eigenvalue weighted by atomic mass is 32.2. The summed E-state index contributed by atoms with van der Waals surface area (Å²) >= 11 is 0.831. The summed E-state index contributed by atoms with van der Waals surface area (Å²) in [6, 6.07) is 1.08. The molecule has 1 aromatic heterocycles. The summed E-state index contributed by atoms with van der Waals surface area (Å²) in [4.78, 5) is 21.4. The largest absolute Gasteiger partial charge is 0.477 e. The van der Waals surface area contributed by atoms with E-state index in [-0.39, 0.29) is 28.6 Å². The predicted molar refractivity (Wildman–Crippen MR) is 65.2 cm³/mol. The van der Waals surface area contributed by atoms with E-state index in [9.17, 15) is 18.0 Å². The lowest BCUT2D eigenvalue weighted by molar-refractivity contribution is -0.120. The van der Waals surface area contributed by atoms with Gasteiger partial charge in [0.15, 0.2) is 0 Å². The Morgan fingerprint density at radius 3 is 2.61 bits per heavy atom. The summed E-state index contributed by atoms with van der Waals surface area (Å²) in [7, 11) is -2.31. The van der Waals surface area contributed by atoms with Gasteiger partial charge in [-0.05, 0) is 6.07 Å². The van der Waals surface area contributed by atoms with Crippen molar-refractivity contribution in [2.75, 3.05) is 13.6 Å². The molecule has 1 amide bonds. The Kier molecular flexibility index (Phi) is 4.82. The highest BCUT2D eigenvalue weighted by molar-refractivity contribution is 7.89. The monoisotopic (exact) mass is 292 g/mol. The molecule has 0 saturated heterocycles. The topological polar surface area (TPSA) is 113 Å². The van der Waals surface area contributed by atoms with Crippen molar-refractivity contribution in [2.45, 2.75) is 11.3 Å². The summed E-state index contributed by atoms with van der Waals surface area (Å²) in [6.07, 6.45) is 0.0195.